The van der Waals surface area contributed by atoms with Gasteiger partial charge in [-0.15, -0.1) is 0 Å². The van der Waals surface area contributed by atoms with Gasteiger partial charge in [-0.2, -0.15) is 0 Å². The third-order valence-electron chi connectivity index (χ3n) is 2.11. The highest BCUT2D eigenvalue weighted by Crippen LogP contribution is 2.41. The molecule has 0 saturated heterocycles. The average Bonchev–Trinajstić information content (AvgIpc) is 2.67. The second-order valence-electron chi connectivity index (χ2n) is 3.12. The number of aliphatic carboxylic acids is 2. The summed E-state index contributed by atoms with van der Waals surface area (Å²) in [5, 5.41) is 16.9. The van der Waals surface area contributed by atoms with Gasteiger partial charge in [0.05, 0.1) is 5.92 Å². The van der Waals surface area contributed by atoms with Crippen LogP contribution in [0, 0.1) is 11.8 Å². The summed E-state index contributed by atoms with van der Waals surface area (Å²) in [6, 6.07) is -0.917. The van der Waals surface area contributed by atoms with E-state index < -0.39 is 18.0 Å². The third kappa shape index (κ3) is 1.94. The SMILES string of the molecule is N[C@@H](C[C@H]1C[C@@H]1C(=O)O)C(=O)O. The Balaban J connectivity index is 2.27. The Morgan fingerprint density at radius 1 is 1.50 bits per heavy atom. The molecule has 68 valence electrons. The molecule has 0 aromatic carbocycles. The zero-order valence-corrected chi connectivity index (χ0v) is 6.43. The molecule has 0 heterocycles. The van der Waals surface area contributed by atoms with E-state index in [1.54, 1.807) is 0 Å². The first-order valence-electron chi connectivity index (χ1n) is 3.73. The van der Waals surface area contributed by atoms with Crippen molar-refractivity contribution in [3.63, 3.8) is 0 Å². The van der Waals surface area contributed by atoms with Crippen LogP contribution < -0.4 is 5.73 Å². The highest BCUT2D eigenvalue weighted by Gasteiger charge is 2.44. The van der Waals surface area contributed by atoms with Crippen molar-refractivity contribution in [3.8, 4) is 0 Å². The minimum Gasteiger partial charge on any atom is -0.481 e. The largest absolute Gasteiger partial charge is 0.481 e. The molecule has 0 aliphatic heterocycles. The monoisotopic (exact) mass is 173 g/mol. The summed E-state index contributed by atoms with van der Waals surface area (Å²) < 4.78 is 0. The van der Waals surface area contributed by atoms with Crippen LogP contribution in [0.1, 0.15) is 12.8 Å². The number of carbonyl (C=O) groups is 2. The van der Waals surface area contributed by atoms with E-state index in [-0.39, 0.29) is 18.3 Å². The molecular weight excluding hydrogens is 162 g/mol. The lowest BCUT2D eigenvalue weighted by atomic mass is 10.1. The molecular formula is C7H11NO4. The molecule has 1 saturated carbocycles. The maximum absolute atomic E-state index is 10.3. The molecule has 1 aliphatic carbocycles. The molecule has 5 heteroatoms. The van der Waals surface area contributed by atoms with Crippen LogP contribution in [-0.2, 0) is 9.59 Å². The van der Waals surface area contributed by atoms with Gasteiger partial charge in [0.2, 0.25) is 0 Å². The molecule has 4 N–H and O–H groups in total. The van der Waals surface area contributed by atoms with E-state index in [1.165, 1.54) is 0 Å². The fourth-order valence-corrected chi connectivity index (χ4v) is 1.24. The minimum atomic E-state index is -1.06. The van der Waals surface area contributed by atoms with Crippen molar-refractivity contribution in [1.29, 1.82) is 0 Å². The lowest BCUT2D eigenvalue weighted by Crippen LogP contribution is -2.30. The lowest BCUT2D eigenvalue weighted by molar-refractivity contribution is -0.140. The molecule has 0 radical (unpaired) electrons. The number of carboxylic acid groups (broad SMARTS) is 2. The molecule has 3 atom stereocenters. The maximum Gasteiger partial charge on any atom is 0.320 e. The van der Waals surface area contributed by atoms with Crippen LogP contribution in [0.2, 0.25) is 0 Å². The normalized spacial score (nSPS) is 29.4. The van der Waals surface area contributed by atoms with Gasteiger partial charge < -0.3 is 15.9 Å². The predicted molar refractivity (Wildman–Crippen MR) is 39.5 cm³/mol. The molecule has 1 aliphatic rings. The van der Waals surface area contributed by atoms with Crippen molar-refractivity contribution in [2.75, 3.05) is 0 Å². The summed E-state index contributed by atoms with van der Waals surface area (Å²) in [4.78, 5) is 20.6. The number of nitrogens with two attached hydrogens (primary N) is 1. The zero-order valence-electron chi connectivity index (χ0n) is 6.43. The Labute approximate surface area is 69.2 Å². The average molecular weight is 173 g/mol. The van der Waals surface area contributed by atoms with Crippen LogP contribution in [0.25, 0.3) is 0 Å². The quantitative estimate of drug-likeness (QED) is 0.532. The molecule has 0 spiro atoms. The van der Waals surface area contributed by atoms with Gasteiger partial charge in [0.1, 0.15) is 6.04 Å². The van der Waals surface area contributed by atoms with E-state index in [4.69, 9.17) is 15.9 Å². The topological polar surface area (TPSA) is 101 Å². The summed E-state index contributed by atoms with van der Waals surface area (Å²) in [5.41, 5.74) is 5.23. The zero-order chi connectivity index (χ0) is 9.30. The second-order valence-corrected chi connectivity index (χ2v) is 3.12. The van der Waals surface area contributed by atoms with Crippen LogP contribution in [0.5, 0.6) is 0 Å². The van der Waals surface area contributed by atoms with Gasteiger partial charge in [0, 0.05) is 0 Å². The van der Waals surface area contributed by atoms with Crippen LogP contribution in [0.15, 0.2) is 0 Å². The van der Waals surface area contributed by atoms with Crippen LogP contribution in [0.4, 0.5) is 0 Å². The Bertz CT molecular complexity index is 215. The molecule has 5 nitrogen and oxygen atoms in total. The lowest BCUT2D eigenvalue weighted by Gasteiger charge is -2.03. The molecule has 0 aromatic rings. The van der Waals surface area contributed by atoms with Gasteiger partial charge in [0.25, 0.3) is 0 Å². The summed E-state index contributed by atoms with van der Waals surface area (Å²) in [6.07, 6.45) is 0.836. The third-order valence-corrected chi connectivity index (χ3v) is 2.11. The summed E-state index contributed by atoms with van der Waals surface area (Å²) in [5.74, 6) is -2.31. The van der Waals surface area contributed by atoms with Gasteiger partial charge in [-0.05, 0) is 18.8 Å². The van der Waals surface area contributed by atoms with Gasteiger partial charge in [0.15, 0.2) is 0 Å². The van der Waals surface area contributed by atoms with Gasteiger partial charge in [-0.25, -0.2) is 0 Å². The maximum atomic E-state index is 10.3. The molecule has 0 amide bonds. The Kier molecular flexibility index (Phi) is 2.32. The Morgan fingerprint density at radius 3 is 2.42 bits per heavy atom. The summed E-state index contributed by atoms with van der Waals surface area (Å²) >= 11 is 0. The summed E-state index contributed by atoms with van der Waals surface area (Å²) in [6.45, 7) is 0. The Morgan fingerprint density at radius 2 is 2.08 bits per heavy atom. The van der Waals surface area contributed by atoms with E-state index in [1.807, 2.05) is 0 Å². The second kappa shape index (κ2) is 3.10. The van der Waals surface area contributed by atoms with Crippen molar-refractivity contribution < 1.29 is 19.8 Å². The van der Waals surface area contributed by atoms with Crippen LogP contribution in [-0.4, -0.2) is 28.2 Å². The van der Waals surface area contributed by atoms with Crippen LogP contribution in [0.3, 0.4) is 0 Å². The van der Waals surface area contributed by atoms with E-state index in [0.29, 0.717) is 6.42 Å². The first-order chi connectivity index (χ1) is 5.52. The van der Waals surface area contributed by atoms with Crippen LogP contribution >= 0.6 is 0 Å². The Hall–Kier alpha value is -1.10. The van der Waals surface area contributed by atoms with Crippen molar-refractivity contribution >= 4 is 11.9 Å². The van der Waals surface area contributed by atoms with Crippen molar-refractivity contribution in [2.24, 2.45) is 17.6 Å². The highest BCUT2D eigenvalue weighted by molar-refractivity contribution is 5.75. The van der Waals surface area contributed by atoms with E-state index in [9.17, 15) is 9.59 Å². The number of rotatable bonds is 4. The first-order valence-corrected chi connectivity index (χ1v) is 3.73. The fourth-order valence-electron chi connectivity index (χ4n) is 1.24. The molecule has 1 rings (SSSR count). The van der Waals surface area contributed by atoms with Crippen molar-refractivity contribution in [2.45, 2.75) is 18.9 Å². The number of hydrogen-bond donors (Lipinski definition) is 3. The number of hydrogen-bond acceptors (Lipinski definition) is 3. The first kappa shape index (κ1) is 8.99. The molecule has 0 bridgehead atoms. The van der Waals surface area contributed by atoms with Crippen molar-refractivity contribution in [3.05, 3.63) is 0 Å². The summed E-state index contributed by atoms with van der Waals surface area (Å²) in [7, 11) is 0. The van der Waals surface area contributed by atoms with Gasteiger partial charge in [-0.3, -0.25) is 9.59 Å². The highest BCUT2D eigenvalue weighted by atomic mass is 16.4. The number of carboxylic acids is 2. The molecule has 12 heavy (non-hydrogen) atoms. The fraction of sp³-hybridized carbons (Fsp3) is 0.714. The minimum absolute atomic E-state index is 0.0337. The van der Waals surface area contributed by atoms with E-state index in [2.05, 4.69) is 0 Å². The smallest absolute Gasteiger partial charge is 0.320 e. The molecule has 1 fully saturated rings. The van der Waals surface area contributed by atoms with E-state index in [0.717, 1.165) is 0 Å². The van der Waals surface area contributed by atoms with Gasteiger partial charge in [-0.1, -0.05) is 0 Å². The van der Waals surface area contributed by atoms with Crippen molar-refractivity contribution in [1.82, 2.24) is 0 Å². The predicted octanol–water partition coefficient (Wildman–Crippen LogP) is -0.491. The molecule has 0 unspecified atom stereocenters. The molecule has 0 aromatic heterocycles. The van der Waals surface area contributed by atoms with Gasteiger partial charge >= 0.3 is 11.9 Å². The standard InChI is InChI=1S/C7H11NO4/c8-5(7(11)12)2-3-1-4(3)6(9)10/h3-5H,1-2,8H2,(H,9,10)(H,11,12)/t3-,4+,5+/m1/s1. The van der Waals surface area contributed by atoms with E-state index >= 15 is 0 Å².